The van der Waals surface area contributed by atoms with Gasteiger partial charge < -0.3 is 19.9 Å². The zero-order valence-corrected chi connectivity index (χ0v) is 21.7. The van der Waals surface area contributed by atoms with Crippen LogP contribution in [0.3, 0.4) is 0 Å². The minimum atomic E-state index is -0.554. The Bertz CT molecular complexity index is 1490. The van der Waals surface area contributed by atoms with Crippen molar-refractivity contribution in [3.63, 3.8) is 0 Å². The topological polar surface area (TPSA) is 109 Å². The highest BCUT2D eigenvalue weighted by atomic mass is 79.9. The summed E-state index contributed by atoms with van der Waals surface area (Å²) in [5.41, 5.74) is 4.90. The number of nitrogens with zero attached hydrogens (tertiary/aromatic N) is 1. The Morgan fingerprint density at radius 3 is 2.41 bits per heavy atom. The number of phenols is 1. The van der Waals surface area contributed by atoms with Gasteiger partial charge in [-0.05, 0) is 70.0 Å². The first kappa shape index (κ1) is 25.7. The number of fused-ring (bicyclic) bond motifs is 1. The van der Waals surface area contributed by atoms with Gasteiger partial charge in [-0.2, -0.15) is 5.10 Å². The Morgan fingerprint density at radius 2 is 1.70 bits per heavy atom. The summed E-state index contributed by atoms with van der Waals surface area (Å²) in [5.74, 6) is -0.265. The van der Waals surface area contributed by atoms with Gasteiger partial charge in [-0.15, -0.1) is 0 Å². The molecule has 9 heteroatoms. The molecule has 0 fully saturated rings. The molecule has 0 saturated heterocycles. The Labute approximate surface area is 222 Å². The minimum absolute atomic E-state index is 0.111. The fraction of sp³-hybridized carbons (Fsp3) is 0.107. The van der Waals surface area contributed by atoms with E-state index in [2.05, 4.69) is 31.8 Å². The lowest BCUT2D eigenvalue weighted by Crippen LogP contribution is -2.20. The Hall–Kier alpha value is -4.37. The Kier molecular flexibility index (Phi) is 8.05. The standard InChI is InChI=1S/C28H24BrN3O5/c1-17-7-9-21(10-8-17)31-27(34)16-37-26-14-23(29)20(13-25(26)36-2)15-30-32-28(35)22-11-18-5-3-4-6-19(18)12-24(22)33/h3-15,33H,16H2,1-2H3,(H,31,34)(H,32,35). The van der Waals surface area contributed by atoms with Crippen LogP contribution in [0.5, 0.6) is 17.2 Å². The van der Waals surface area contributed by atoms with Crippen LogP contribution in [-0.4, -0.2) is 36.9 Å². The minimum Gasteiger partial charge on any atom is -0.507 e. The maximum Gasteiger partial charge on any atom is 0.275 e. The van der Waals surface area contributed by atoms with E-state index in [-0.39, 0.29) is 23.8 Å². The number of rotatable bonds is 8. The number of aryl methyl sites for hydroxylation is 1. The molecule has 0 aliphatic rings. The van der Waals surface area contributed by atoms with Crippen molar-refractivity contribution in [2.24, 2.45) is 5.10 Å². The van der Waals surface area contributed by atoms with Crippen molar-refractivity contribution in [1.82, 2.24) is 5.43 Å². The number of anilines is 1. The average Bonchev–Trinajstić information content (AvgIpc) is 2.89. The second kappa shape index (κ2) is 11.6. The summed E-state index contributed by atoms with van der Waals surface area (Å²) in [7, 11) is 1.48. The van der Waals surface area contributed by atoms with Crippen LogP contribution in [-0.2, 0) is 4.79 Å². The molecule has 0 unspecified atom stereocenters. The second-order valence-corrected chi connectivity index (χ2v) is 9.00. The normalized spacial score (nSPS) is 10.9. The van der Waals surface area contributed by atoms with E-state index in [1.54, 1.807) is 18.2 Å². The molecule has 8 nitrogen and oxygen atoms in total. The Morgan fingerprint density at radius 1 is 1.00 bits per heavy atom. The van der Waals surface area contributed by atoms with Crippen molar-refractivity contribution in [2.45, 2.75) is 6.92 Å². The van der Waals surface area contributed by atoms with Crippen LogP contribution in [0, 0.1) is 6.92 Å². The maximum atomic E-state index is 12.6. The molecule has 0 spiro atoms. The molecule has 0 radical (unpaired) electrons. The third kappa shape index (κ3) is 6.45. The smallest absolute Gasteiger partial charge is 0.275 e. The largest absolute Gasteiger partial charge is 0.507 e. The van der Waals surface area contributed by atoms with Gasteiger partial charge in [-0.3, -0.25) is 9.59 Å². The number of methoxy groups -OCH3 is 1. The molecule has 0 aliphatic heterocycles. The number of aromatic hydroxyl groups is 1. The van der Waals surface area contributed by atoms with Crippen molar-refractivity contribution < 1.29 is 24.2 Å². The summed E-state index contributed by atoms with van der Waals surface area (Å²) in [6.07, 6.45) is 1.43. The van der Waals surface area contributed by atoms with Crippen molar-refractivity contribution >= 4 is 50.4 Å². The summed E-state index contributed by atoms with van der Waals surface area (Å²) in [4.78, 5) is 24.9. The van der Waals surface area contributed by atoms with Crippen molar-refractivity contribution in [3.8, 4) is 17.2 Å². The van der Waals surface area contributed by atoms with Gasteiger partial charge in [-0.1, -0.05) is 42.0 Å². The SMILES string of the molecule is COc1cc(C=NNC(=O)c2cc3ccccc3cc2O)c(Br)cc1OCC(=O)Nc1ccc(C)cc1. The summed E-state index contributed by atoms with van der Waals surface area (Å²) in [6, 6.07) is 21.3. The molecule has 4 rings (SSSR count). The third-order valence-corrected chi connectivity index (χ3v) is 6.14. The van der Waals surface area contributed by atoms with E-state index in [1.807, 2.05) is 55.5 Å². The number of carbonyl (C=O) groups is 2. The number of halogens is 1. The fourth-order valence-corrected chi connectivity index (χ4v) is 3.95. The van der Waals surface area contributed by atoms with E-state index in [4.69, 9.17) is 9.47 Å². The molecular weight excluding hydrogens is 538 g/mol. The monoisotopic (exact) mass is 561 g/mol. The van der Waals surface area contributed by atoms with Gasteiger partial charge in [0.15, 0.2) is 18.1 Å². The van der Waals surface area contributed by atoms with Crippen molar-refractivity contribution in [2.75, 3.05) is 19.0 Å². The molecule has 4 aromatic carbocycles. The zero-order valence-electron chi connectivity index (χ0n) is 20.1. The maximum absolute atomic E-state index is 12.6. The summed E-state index contributed by atoms with van der Waals surface area (Å²) < 4.78 is 11.7. The van der Waals surface area contributed by atoms with Crippen molar-refractivity contribution in [1.29, 1.82) is 0 Å². The van der Waals surface area contributed by atoms with Gasteiger partial charge in [-0.25, -0.2) is 5.43 Å². The van der Waals surface area contributed by atoms with Crippen LogP contribution < -0.4 is 20.2 Å². The van der Waals surface area contributed by atoms with Crippen molar-refractivity contribution in [3.05, 3.63) is 94.0 Å². The van der Waals surface area contributed by atoms with Crippen LogP contribution >= 0.6 is 15.9 Å². The third-order valence-electron chi connectivity index (χ3n) is 5.46. The van der Waals surface area contributed by atoms with Crippen LogP contribution in [0.25, 0.3) is 10.8 Å². The highest BCUT2D eigenvalue weighted by Crippen LogP contribution is 2.33. The number of hydrogen-bond donors (Lipinski definition) is 3. The van der Waals surface area contributed by atoms with E-state index >= 15 is 0 Å². The van der Waals surface area contributed by atoms with Gasteiger partial charge in [0.05, 0.1) is 18.9 Å². The molecule has 0 saturated carbocycles. The van der Waals surface area contributed by atoms with E-state index in [9.17, 15) is 14.7 Å². The van der Waals surface area contributed by atoms with E-state index in [0.29, 0.717) is 27.2 Å². The molecular formula is C28H24BrN3O5. The number of hydrogen-bond acceptors (Lipinski definition) is 6. The summed E-state index contributed by atoms with van der Waals surface area (Å²) in [5, 5.41) is 18.7. The fourth-order valence-electron chi connectivity index (χ4n) is 3.53. The highest BCUT2D eigenvalue weighted by Gasteiger charge is 2.14. The van der Waals surface area contributed by atoms with Gasteiger partial charge in [0.1, 0.15) is 5.75 Å². The molecule has 37 heavy (non-hydrogen) atoms. The van der Waals surface area contributed by atoms with E-state index in [0.717, 1.165) is 16.3 Å². The average molecular weight is 562 g/mol. The molecule has 2 amide bonds. The number of amides is 2. The lowest BCUT2D eigenvalue weighted by atomic mass is 10.1. The molecule has 0 aromatic heterocycles. The first-order valence-electron chi connectivity index (χ1n) is 11.3. The summed E-state index contributed by atoms with van der Waals surface area (Å²) in [6.45, 7) is 1.76. The summed E-state index contributed by atoms with van der Waals surface area (Å²) >= 11 is 3.45. The Balaban J connectivity index is 1.41. The van der Waals surface area contributed by atoms with Gasteiger partial charge in [0, 0.05) is 15.7 Å². The van der Waals surface area contributed by atoms with Crippen LogP contribution in [0.2, 0.25) is 0 Å². The molecule has 4 aromatic rings. The molecule has 0 heterocycles. The van der Waals surface area contributed by atoms with E-state index < -0.39 is 5.91 Å². The predicted molar refractivity (Wildman–Crippen MR) is 147 cm³/mol. The van der Waals surface area contributed by atoms with Gasteiger partial charge in [0.25, 0.3) is 11.8 Å². The molecule has 0 aliphatic carbocycles. The number of hydrazone groups is 1. The number of nitrogens with one attached hydrogen (secondary N) is 2. The lowest BCUT2D eigenvalue weighted by Gasteiger charge is -2.13. The lowest BCUT2D eigenvalue weighted by molar-refractivity contribution is -0.118. The van der Waals surface area contributed by atoms with Crippen LogP contribution in [0.15, 0.2) is 82.4 Å². The molecule has 0 bridgehead atoms. The first-order chi connectivity index (χ1) is 17.8. The highest BCUT2D eigenvalue weighted by molar-refractivity contribution is 9.10. The molecule has 3 N–H and O–H groups in total. The molecule has 188 valence electrons. The van der Waals surface area contributed by atoms with E-state index in [1.165, 1.54) is 19.4 Å². The first-order valence-corrected chi connectivity index (χ1v) is 12.1. The van der Waals surface area contributed by atoms with Crippen LogP contribution in [0.1, 0.15) is 21.5 Å². The van der Waals surface area contributed by atoms with Crippen LogP contribution in [0.4, 0.5) is 5.69 Å². The number of carbonyl (C=O) groups excluding carboxylic acids is 2. The van der Waals surface area contributed by atoms with Gasteiger partial charge >= 0.3 is 0 Å². The predicted octanol–water partition coefficient (Wildman–Crippen LogP) is 5.41. The number of ether oxygens (including phenoxy) is 2. The second-order valence-electron chi connectivity index (χ2n) is 8.14. The number of phenolic OH excluding ortho intramolecular Hbond substituents is 1. The molecule has 0 atom stereocenters. The van der Waals surface area contributed by atoms with Gasteiger partial charge in [0.2, 0.25) is 0 Å². The number of benzene rings is 4. The zero-order chi connectivity index (χ0) is 26.4. The quantitative estimate of drug-likeness (QED) is 0.197.